The summed E-state index contributed by atoms with van der Waals surface area (Å²) in [6.45, 7) is 3.48. The van der Waals surface area contributed by atoms with Crippen LogP contribution in [-0.4, -0.2) is 11.6 Å². The van der Waals surface area contributed by atoms with E-state index in [4.69, 9.17) is 0 Å². The van der Waals surface area contributed by atoms with E-state index in [1.807, 2.05) is 0 Å². The van der Waals surface area contributed by atoms with Crippen LogP contribution in [0.25, 0.3) is 0 Å². The van der Waals surface area contributed by atoms with E-state index in [1.54, 1.807) is 26.0 Å². The summed E-state index contributed by atoms with van der Waals surface area (Å²) >= 11 is 0. The summed E-state index contributed by atoms with van der Waals surface area (Å²) in [6.07, 6.45) is 3.57. The predicted molar refractivity (Wildman–Crippen MR) is 37.5 cm³/mol. The van der Waals surface area contributed by atoms with Crippen molar-refractivity contribution < 1.29 is 9.59 Å². The number of rotatable bonds is 0. The van der Waals surface area contributed by atoms with Crippen LogP contribution in [0.4, 0.5) is 0 Å². The molecule has 0 aromatic carbocycles. The average molecular weight is 138 g/mol. The first-order valence-electron chi connectivity index (χ1n) is 3.39. The fourth-order valence-corrected chi connectivity index (χ4v) is 0.957. The molecule has 54 valence electrons. The molecule has 1 rings (SSSR count). The smallest absolute Gasteiger partial charge is 0.205 e. The van der Waals surface area contributed by atoms with E-state index in [9.17, 15) is 9.59 Å². The fraction of sp³-hybridized carbons (Fsp3) is 0.500. The monoisotopic (exact) mass is 138 g/mol. The first-order valence-corrected chi connectivity index (χ1v) is 3.39. The van der Waals surface area contributed by atoms with Crippen LogP contribution in [-0.2, 0) is 9.59 Å². The van der Waals surface area contributed by atoms with E-state index in [1.165, 1.54) is 0 Å². The Morgan fingerprint density at radius 1 is 1.00 bits per heavy atom. The molecule has 1 aliphatic carbocycles. The molecule has 1 aliphatic rings. The van der Waals surface area contributed by atoms with Gasteiger partial charge in [-0.3, -0.25) is 9.59 Å². The lowest BCUT2D eigenvalue weighted by molar-refractivity contribution is -0.139. The van der Waals surface area contributed by atoms with Crippen LogP contribution in [0, 0.1) is 11.8 Å². The van der Waals surface area contributed by atoms with Gasteiger partial charge in [-0.2, -0.15) is 0 Å². The van der Waals surface area contributed by atoms with Crippen LogP contribution in [0.2, 0.25) is 0 Å². The normalized spacial score (nSPS) is 33.0. The maximum Gasteiger partial charge on any atom is 0.205 e. The number of allylic oxidation sites excluding steroid dienone is 2. The summed E-state index contributed by atoms with van der Waals surface area (Å²) < 4.78 is 0. The summed E-state index contributed by atoms with van der Waals surface area (Å²) in [5.74, 6) is -0.919. The summed E-state index contributed by atoms with van der Waals surface area (Å²) in [7, 11) is 0. The number of carbonyl (C=O) groups excluding carboxylic acids is 2. The fourth-order valence-electron chi connectivity index (χ4n) is 0.957. The zero-order valence-electron chi connectivity index (χ0n) is 6.13. The molecule has 0 amide bonds. The standard InChI is InChI=1S/C8H10O2/c1-5-3-4-6(2)8(10)7(5)9/h3-6H,1-2H3. The highest BCUT2D eigenvalue weighted by Gasteiger charge is 2.26. The Labute approximate surface area is 59.9 Å². The second kappa shape index (κ2) is 2.37. The zero-order chi connectivity index (χ0) is 7.72. The molecule has 0 spiro atoms. The Morgan fingerprint density at radius 2 is 1.30 bits per heavy atom. The van der Waals surface area contributed by atoms with Gasteiger partial charge in [-0.15, -0.1) is 0 Å². The van der Waals surface area contributed by atoms with Gasteiger partial charge in [-0.1, -0.05) is 26.0 Å². The van der Waals surface area contributed by atoms with Gasteiger partial charge in [0.1, 0.15) is 0 Å². The van der Waals surface area contributed by atoms with Crippen molar-refractivity contribution in [2.24, 2.45) is 11.8 Å². The van der Waals surface area contributed by atoms with Crippen molar-refractivity contribution in [1.29, 1.82) is 0 Å². The van der Waals surface area contributed by atoms with E-state index >= 15 is 0 Å². The maximum absolute atomic E-state index is 10.9. The third-order valence-electron chi connectivity index (χ3n) is 1.76. The van der Waals surface area contributed by atoms with Crippen molar-refractivity contribution in [1.82, 2.24) is 0 Å². The van der Waals surface area contributed by atoms with Crippen molar-refractivity contribution >= 4 is 11.6 Å². The Balaban J connectivity index is 2.89. The molecule has 0 aliphatic heterocycles. The first-order chi connectivity index (χ1) is 4.63. The van der Waals surface area contributed by atoms with E-state index in [0.29, 0.717) is 0 Å². The summed E-state index contributed by atoms with van der Waals surface area (Å²) in [4.78, 5) is 21.9. The second-order valence-corrected chi connectivity index (χ2v) is 2.69. The van der Waals surface area contributed by atoms with Gasteiger partial charge in [0.25, 0.3) is 0 Å². The van der Waals surface area contributed by atoms with Gasteiger partial charge in [-0.25, -0.2) is 0 Å². The van der Waals surface area contributed by atoms with Crippen molar-refractivity contribution in [3.63, 3.8) is 0 Å². The number of hydrogen-bond acceptors (Lipinski definition) is 2. The Bertz CT molecular complexity index is 181. The molecule has 0 heterocycles. The molecule has 10 heavy (non-hydrogen) atoms. The van der Waals surface area contributed by atoms with E-state index in [2.05, 4.69) is 0 Å². The molecule has 0 saturated heterocycles. The first kappa shape index (κ1) is 7.19. The van der Waals surface area contributed by atoms with Crippen LogP contribution >= 0.6 is 0 Å². The van der Waals surface area contributed by atoms with Crippen LogP contribution in [0.1, 0.15) is 13.8 Å². The molecule has 0 bridgehead atoms. The van der Waals surface area contributed by atoms with Crippen LogP contribution in [0.5, 0.6) is 0 Å². The number of hydrogen-bond donors (Lipinski definition) is 0. The minimum absolute atomic E-state index is 0.205. The van der Waals surface area contributed by atoms with E-state index in [-0.39, 0.29) is 23.4 Å². The largest absolute Gasteiger partial charge is 0.290 e. The number of Topliss-reactive ketones (excluding diaryl/α,β-unsaturated/α-hetero) is 2. The minimum atomic E-state index is -0.255. The quantitative estimate of drug-likeness (QED) is 0.369. The lowest BCUT2D eigenvalue weighted by atomic mass is 9.88. The van der Waals surface area contributed by atoms with Gasteiger partial charge in [0.2, 0.25) is 11.6 Å². The SMILES string of the molecule is CC1C=CC(C)C(=O)C1=O. The lowest BCUT2D eigenvalue weighted by Gasteiger charge is -2.13. The van der Waals surface area contributed by atoms with Crippen molar-refractivity contribution in [3.8, 4) is 0 Å². The summed E-state index contributed by atoms with van der Waals surface area (Å²) in [5, 5.41) is 0. The Hall–Kier alpha value is -0.920. The van der Waals surface area contributed by atoms with Gasteiger partial charge < -0.3 is 0 Å². The highest BCUT2D eigenvalue weighted by atomic mass is 16.2. The molecule has 2 heteroatoms. The van der Waals surface area contributed by atoms with Gasteiger partial charge in [0.05, 0.1) is 0 Å². The highest BCUT2D eigenvalue weighted by Crippen LogP contribution is 2.14. The maximum atomic E-state index is 10.9. The molecular formula is C8H10O2. The predicted octanol–water partition coefficient (Wildman–Crippen LogP) is 0.967. The third-order valence-corrected chi connectivity index (χ3v) is 1.76. The molecule has 0 aromatic heterocycles. The second-order valence-electron chi connectivity index (χ2n) is 2.69. The average Bonchev–Trinajstić information content (AvgIpc) is 1.93. The Morgan fingerprint density at radius 3 is 1.60 bits per heavy atom. The van der Waals surface area contributed by atoms with E-state index < -0.39 is 0 Å². The highest BCUT2D eigenvalue weighted by molar-refractivity contribution is 6.40. The molecule has 2 atom stereocenters. The van der Waals surface area contributed by atoms with Crippen LogP contribution < -0.4 is 0 Å². The van der Waals surface area contributed by atoms with Crippen molar-refractivity contribution in [2.75, 3.05) is 0 Å². The summed E-state index contributed by atoms with van der Waals surface area (Å²) in [5.41, 5.74) is 0. The van der Waals surface area contributed by atoms with Gasteiger partial charge in [0.15, 0.2) is 0 Å². The molecular weight excluding hydrogens is 128 g/mol. The van der Waals surface area contributed by atoms with Crippen molar-refractivity contribution in [3.05, 3.63) is 12.2 Å². The molecule has 0 N–H and O–H groups in total. The topological polar surface area (TPSA) is 34.1 Å². The number of ketones is 2. The molecule has 0 fully saturated rings. The van der Waals surface area contributed by atoms with Gasteiger partial charge in [-0.05, 0) is 0 Å². The third kappa shape index (κ3) is 1.01. The molecule has 2 nitrogen and oxygen atoms in total. The minimum Gasteiger partial charge on any atom is -0.290 e. The number of carbonyl (C=O) groups is 2. The zero-order valence-corrected chi connectivity index (χ0v) is 6.13. The van der Waals surface area contributed by atoms with Crippen LogP contribution in [0.15, 0.2) is 12.2 Å². The molecule has 2 unspecified atom stereocenters. The van der Waals surface area contributed by atoms with E-state index in [0.717, 1.165) is 0 Å². The lowest BCUT2D eigenvalue weighted by Crippen LogP contribution is -2.28. The van der Waals surface area contributed by atoms with Gasteiger partial charge in [0, 0.05) is 11.8 Å². The van der Waals surface area contributed by atoms with Crippen LogP contribution in [0.3, 0.4) is 0 Å². The van der Waals surface area contributed by atoms with Gasteiger partial charge >= 0.3 is 0 Å². The Kier molecular flexibility index (Phi) is 1.70. The molecule has 0 saturated carbocycles. The summed E-state index contributed by atoms with van der Waals surface area (Å²) in [6, 6.07) is 0. The van der Waals surface area contributed by atoms with Crippen molar-refractivity contribution in [2.45, 2.75) is 13.8 Å². The molecule has 0 radical (unpaired) electrons. The molecule has 0 aromatic rings.